The molecule has 5 rings (SSSR count). The number of carbonyl (C=O) groups excluding carboxylic acids is 2. The Morgan fingerprint density at radius 2 is 1.97 bits per heavy atom. The van der Waals surface area contributed by atoms with Gasteiger partial charge in [0, 0.05) is 27.9 Å². The first kappa shape index (κ1) is 18.8. The fourth-order valence-electron chi connectivity index (χ4n) is 4.13. The summed E-state index contributed by atoms with van der Waals surface area (Å²) < 4.78 is 2.68. The molecular formula is C23H19BrN4O2. The third-order valence-corrected chi connectivity index (χ3v) is 5.97. The number of aromatic nitrogens is 2. The van der Waals surface area contributed by atoms with E-state index < -0.39 is 0 Å². The molecule has 0 saturated heterocycles. The van der Waals surface area contributed by atoms with Crippen molar-refractivity contribution in [3.63, 3.8) is 0 Å². The number of hydrogen-bond donors (Lipinski definition) is 2. The van der Waals surface area contributed by atoms with Crippen LogP contribution in [0.3, 0.4) is 0 Å². The molecule has 2 aromatic carbocycles. The molecule has 2 aliphatic rings. The summed E-state index contributed by atoms with van der Waals surface area (Å²) in [4.78, 5) is 25.8. The van der Waals surface area contributed by atoms with Gasteiger partial charge in [0.05, 0.1) is 6.20 Å². The summed E-state index contributed by atoms with van der Waals surface area (Å²) in [6.07, 6.45) is 3.67. The highest BCUT2D eigenvalue weighted by atomic mass is 79.9. The average Bonchev–Trinajstić information content (AvgIpc) is 3.17. The Bertz CT molecular complexity index is 1180. The lowest BCUT2D eigenvalue weighted by Gasteiger charge is -2.33. The first-order valence-corrected chi connectivity index (χ1v) is 10.6. The molecule has 1 aliphatic carbocycles. The van der Waals surface area contributed by atoms with E-state index in [1.54, 1.807) is 10.9 Å². The van der Waals surface area contributed by atoms with E-state index in [1.807, 2.05) is 54.6 Å². The van der Waals surface area contributed by atoms with E-state index in [-0.39, 0.29) is 17.7 Å². The second-order valence-corrected chi connectivity index (χ2v) is 8.34. The minimum atomic E-state index is -0.361. The van der Waals surface area contributed by atoms with Crippen molar-refractivity contribution < 1.29 is 9.59 Å². The molecule has 0 fully saturated rings. The van der Waals surface area contributed by atoms with Gasteiger partial charge in [-0.15, -0.1) is 0 Å². The fraction of sp³-hybridized carbons (Fsp3) is 0.174. The molecule has 0 unspecified atom stereocenters. The van der Waals surface area contributed by atoms with Crippen molar-refractivity contribution in [1.82, 2.24) is 9.78 Å². The number of amides is 1. The number of hydrogen-bond acceptors (Lipinski definition) is 4. The number of fused-ring (bicyclic) bond motifs is 1. The molecule has 6 nitrogen and oxygen atoms in total. The lowest BCUT2D eigenvalue weighted by Crippen LogP contribution is -2.32. The highest BCUT2D eigenvalue weighted by Gasteiger charge is 2.37. The summed E-state index contributed by atoms with van der Waals surface area (Å²) in [5.41, 5.74) is 3.74. The quantitative estimate of drug-likeness (QED) is 0.578. The Labute approximate surface area is 182 Å². The zero-order chi connectivity index (χ0) is 20.7. The molecule has 0 saturated carbocycles. The molecular weight excluding hydrogens is 444 g/mol. The second-order valence-electron chi connectivity index (χ2n) is 7.42. The van der Waals surface area contributed by atoms with Crippen LogP contribution in [-0.2, 0) is 4.79 Å². The predicted molar refractivity (Wildman–Crippen MR) is 118 cm³/mol. The van der Waals surface area contributed by atoms with Crippen molar-refractivity contribution >= 4 is 39.1 Å². The summed E-state index contributed by atoms with van der Waals surface area (Å²) in [7, 11) is 0. The number of halogens is 1. The topological polar surface area (TPSA) is 76.0 Å². The van der Waals surface area contributed by atoms with Crippen LogP contribution in [0.4, 0.5) is 11.5 Å². The van der Waals surface area contributed by atoms with E-state index in [1.165, 1.54) is 0 Å². The van der Waals surface area contributed by atoms with Crippen molar-refractivity contribution in [1.29, 1.82) is 0 Å². The summed E-state index contributed by atoms with van der Waals surface area (Å²) in [5.74, 6) is 0.501. The van der Waals surface area contributed by atoms with Gasteiger partial charge in [0.15, 0.2) is 5.78 Å². The number of Topliss-reactive ketones (excluding diaryl/α,β-unsaturated/α-hetero) is 1. The Balaban J connectivity index is 1.59. The molecule has 7 heteroatoms. The van der Waals surface area contributed by atoms with Crippen molar-refractivity contribution in [2.75, 3.05) is 10.6 Å². The van der Waals surface area contributed by atoms with E-state index in [2.05, 4.69) is 31.7 Å². The lowest BCUT2D eigenvalue weighted by molar-refractivity contribution is -0.116. The monoisotopic (exact) mass is 462 g/mol. The maximum Gasteiger partial charge on any atom is 0.261 e. The van der Waals surface area contributed by atoms with Crippen molar-refractivity contribution in [3.8, 4) is 0 Å². The van der Waals surface area contributed by atoms with Crippen LogP contribution in [0.25, 0.3) is 0 Å². The SMILES string of the molecule is O=C1CCCC2=C1[C@H](c1cccc(Br)c1)n1ncc(C(=O)Nc3ccccc3)c1N2. The zero-order valence-corrected chi connectivity index (χ0v) is 17.6. The Morgan fingerprint density at radius 1 is 1.13 bits per heavy atom. The Morgan fingerprint density at radius 3 is 2.77 bits per heavy atom. The van der Waals surface area contributed by atoms with Crippen LogP contribution in [0.2, 0.25) is 0 Å². The van der Waals surface area contributed by atoms with Crippen LogP contribution in [0, 0.1) is 0 Å². The van der Waals surface area contributed by atoms with Crippen LogP contribution in [-0.4, -0.2) is 21.5 Å². The van der Waals surface area contributed by atoms with E-state index >= 15 is 0 Å². The molecule has 1 aliphatic heterocycles. The van der Waals surface area contributed by atoms with Gasteiger partial charge in [-0.2, -0.15) is 5.10 Å². The number of nitrogens with zero attached hydrogens (tertiary/aromatic N) is 2. The predicted octanol–water partition coefficient (Wildman–Crippen LogP) is 4.92. The van der Waals surface area contributed by atoms with Gasteiger partial charge in [0.1, 0.15) is 17.4 Å². The molecule has 1 atom stereocenters. The second kappa shape index (κ2) is 7.57. The molecule has 30 heavy (non-hydrogen) atoms. The Hall–Kier alpha value is -3.19. The van der Waals surface area contributed by atoms with E-state index in [9.17, 15) is 9.59 Å². The number of allylic oxidation sites excluding steroid dienone is 2. The minimum Gasteiger partial charge on any atom is -0.343 e. The molecule has 0 radical (unpaired) electrons. The van der Waals surface area contributed by atoms with Crippen molar-refractivity contribution in [2.45, 2.75) is 25.3 Å². The summed E-state index contributed by atoms with van der Waals surface area (Å²) in [5, 5.41) is 10.8. The van der Waals surface area contributed by atoms with Gasteiger partial charge >= 0.3 is 0 Å². The molecule has 2 heterocycles. The third kappa shape index (κ3) is 3.25. The molecule has 1 amide bonds. The zero-order valence-electron chi connectivity index (χ0n) is 16.1. The number of carbonyl (C=O) groups is 2. The molecule has 150 valence electrons. The number of benzene rings is 2. The summed E-state index contributed by atoms with van der Waals surface area (Å²) >= 11 is 3.53. The smallest absolute Gasteiger partial charge is 0.261 e. The third-order valence-electron chi connectivity index (χ3n) is 5.48. The largest absolute Gasteiger partial charge is 0.343 e. The van der Waals surface area contributed by atoms with Gasteiger partial charge in [-0.3, -0.25) is 9.59 Å². The summed E-state index contributed by atoms with van der Waals surface area (Å²) in [6.45, 7) is 0. The van der Waals surface area contributed by atoms with Crippen LogP contribution >= 0.6 is 15.9 Å². The standard InChI is InChI=1S/C23H19BrN4O2/c24-15-7-4-6-14(12-15)21-20-18(10-5-11-19(20)29)27-22-17(13-25-28(21)22)23(30)26-16-8-2-1-3-9-16/h1-4,6-9,12-13,21,27H,5,10-11H2,(H,26,30)/t21-/m0/s1. The minimum absolute atomic E-state index is 0.130. The summed E-state index contributed by atoms with van der Waals surface area (Å²) in [6, 6.07) is 16.8. The first-order valence-electron chi connectivity index (χ1n) is 9.84. The van der Waals surface area contributed by atoms with Crippen LogP contribution in [0.15, 0.2) is 76.5 Å². The fourth-order valence-corrected chi connectivity index (χ4v) is 4.55. The molecule has 0 bridgehead atoms. The maximum absolute atomic E-state index is 13.0. The van der Waals surface area contributed by atoms with Crippen molar-refractivity contribution in [3.05, 3.63) is 87.7 Å². The van der Waals surface area contributed by atoms with Crippen LogP contribution < -0.4 is 10.6 Å². The van der Waals surface area contributed by atoms with Crippen LogP contribution in [0.5, 0.6) is 0 Å². The number of ketones is 1. The number of anilines is 2. The molecule has 0 spiro atoms. The van der Waals surface area contributed by atoms with E-state index in [0.717, 1.165) is 39.8 Å². The van der Waals surface area contributed by atoms with E-state index in [0.29, 0.717) is 17.8 Å². The highest BCUT2D eigenvalue weighted by Crippen LogP contribution is 2.42. The average molecular weight is 463 g/mol. The molecule has 1 aromatic heterocycles. The number of para-hydroxylation sites is 1. The molecule has 3 aromatic rings. The number of rotatable bonds is 3. The highest BCUT2D eigenvalue weighted by molar-refractivity contribution is 9.10. The normalized spacial score (nSPS) is 17.8. The number of nitrogens with one attached hydrogen (secondary N) is 2. The van der Waals surface area contributed by atoms with Gasteiger partial charge in [0.2, 0.25) is 0 Å². The van der Waals surface area contributed by atoms with Crippen molar-refractivity contribution in [2.24, 2.45) is 0 Å². The first-order chi connectivity index (χ1) is 14.6. The van der Waals surface area contributed by atoms with Crippen LogP contribution in [0.1, 0.15) is 41.2 Å². The van der Waals surface area contributed by atoms with Gasteiger partial charge in [0.25, 0.3) is 5.91 Å². The molecule has 2 N–H and O–H groups in total. The maximum atomic E-state index is 13.0. The van der Waals surface area contributed by atoms with E-state index in [4.69, 9.17) is 0 Å². The van der Waals surface area contributed by atoms with Gasteiger partial charge < -0.3 is 10.6 Å². The Kier molecular flexibility index (Phi) is 4.75. The van der Waals surface area contributed by atoms with Gasteiger partial charge in [-0.1, -0.05) is 46.3 Å². The van der Waals surface area contributed by atoms with Gasteiger partial charge in [-0.25, -0.2) is 4.68 Å². The lowest BCUT2D eigenvalue weighted by atomic mass is 9.85. The van der Waals surface area contributed by atoms with Gasteiger partial charge in [-0.05, 0) is 42.7 Å².